The van der Waals surface area contributed by atoms with Crippen LogP contribution in [0.2, 0.25) is 0 Å². The van der Waals surface area contributed by atoms with Crippen LogP contribution < -0.4 is 4.74 Å². The quantitative estimate of drug-likeness (QED) is 0.725. The van der Waals surface area contributed by atoms with Gasteiger partial charge in [0.05, 0.1) is 18.5 Å². The second kappa shape index (κ2) is 4.70. The molecule has 1 aliphatic heterocycles. The van der Waals surface area contributed by atoms with E-state index in [-0.39, 0.29) is 5.82 Å². The van der Waals surface area contributed by atoms with Crippen LogP contribution in [0.25, 0.3) is 16.9 Å². The fraction of sp³-hybridized carbons (Fsp3) is 0.125. The summed E-state index contributed by atoms with van der Waals surface area (Å²) in [6, 6.07) is 12.2. The maximum Gasteiger partial charge on any atom is 0.123 e. The molecule has 0 atom stereocenters. The molecule has 0 unspecified atom stereocenters. The molecule has 0 radical (unpaired) electrons. The van der Waals surface area contributed by atoms with Crippen LogP contribution in [0, 0.1) is 5.82 Å². The fourth-order valence-corrected chi connectivity index (χ4v) is 2.46. The highest BCUT2D eigenvalue weighted by Crippen LogP contribution is 2.27. The number of nitrogens with zero attached hydrogens (tertiary/aromatic N) is 3. The summed E-state index contributed by atoms with van der Waals surface area (Å²) < 4.78 is 20.2. The molecule has 3 aromatic rings. The second-order valence-electron chi connectivity index (χ2n) is 4.95. The molecule has 4 nitrogen and oxygen atoms in total. The van der Waals surface area contributed by atoms with Crippen LogP contribution in [-0.2, 0) is 6.42 Å². The third-order valence-electron chi connectivity index (χ3n) is 3.57. The average molecular weight is 281 g/mol. The first-order valence-electron chi connectivity index (χ1n) is 6.74. The molecule has 0 fully saturated rings. The van der Waals surface area contributed by atoms with E-state index in [1.54, 1.807) is 16.8 Å². The van der Waals surface area contributed by atoms with Gasteiger partial charge in [0.1, 0.15) is 17.3 Å². The van der Waals surface area contributed by atoms with Crippen LogP contribution in [0.15, 0.2) is 48.7 Å². The van der Waals surface area contributed by atoms with Crippen molar-refractivity contribution in [3.8, 4) is 22.7 Å². The molecule has 0 spiro atoms. The van der Waals surface area contributed by atoms with Crippen molar-refractivity contribution in [2.75, 3.05) is 6.61 Å². The van der Waals surface area contributed by atoms with Crippen molar-refractivity contribution in [2.24, 2.45) is 0 Å². The Morgan fingerprint density at radius 2 is 1.95 bits per heavy atom. The normalized spacial score (nSPS) is 13.0. The highest BCUT2D eigenvalue weighted by Gasteiger charge is 2.13. The lowest BCUT2D eigenvalue weighted by atomic mass is 10.1. The number of ether oxygens (including phenoxy) is 1. The molecule has 104 valence electrons. The number of hydrogen-bond acceptors (Lipinski definition) is 3. The summed E-state index contributed by atoms with van der Waals surface area (Å²) in [4.78, 5) is 0. The zero-order valence-corrected chi connectivity index (χ0v) is 11.2. The summed E-state index contributed by atoms with van der Waals surface area (Å²) in [6.07, 6.45) is 2.76. The minimum absolute atomic E-state index is 0.259. The van der Waals surface area contributed by atoms with Crippen LogP contribution >= 0.6 is 0 Å². The lowest BCUT2D eigenvalue weighted by Crippen LogP contribution is -1.95. The van der Waals surface area contributed by atoms with Gasteiger partial charge in [0.2, 0.25) is 0 Å². The first kappa shape index (κ1) is 12.1. The Balaban J connectivity index is 1.69. The largest absolute Gasteiger partial charge is 0.493 e. The number of benzene rings is 2. The predicted molar refractivity (Wildman–Crippen MR) is 76.0 cm³/mol. The van der Waals surface area contributed by atoms with Crippen molar-refractivity contribution in [1.82, 2.24) is 15.0 Å². The third-order valence-corrected chi connectivity index (χ3v) is 3.57. The van der Waals surface area contributed by atoms with E-state index in [1.165, 1.54) is 17.7 Å². The molecular weight excluding hydrogens is 269 g/mol. The standard InChI is InChI=1S/C16H12FN3O/c17-13-3-1-11(2-4-13)15-10-20(19-18-15)14-5-6-16-12(9-14)7-8-21-16/h1-6,9-10H,7-8H2. The Bertz CT molecular complexity index is 796. The van der Waals surface area contributed by atoms with E-state index in [2.05, 4.69) is 16.4 Å². The molecule has 0 saturated heterocycles. The summed E-state index contributed by atoms with van der Waals surface area (Å²) in [7, 11) is 0. The molecule has 0 bridgehead atoms. The van der Waals surface area contributed by atoms with Gasteiger partial charge in [-0.15, -0.1) is 5.10 Å². The molecule has 0 saturated carbocycles. The van der Waals surface area contributed by atoms with Crippen LogP contribution in [0.3, 0.4) is 0 Å². The zero-order valence-electron chi connectivity index (χ0n) is 11.2. The zero-order chi connectivity index (χ0) is 14.2. The van der Waals surface area contributed by atoms with Crippen LogP contribution in [0.4, 0.5) is 4.39 Å². The van der Waals surface area contributed by atoms with Crippen molar-refractivity contribution in [1.29, 1.82) is 0 Å². The minimum Gasteiger partial charge on any atom is -0.493 e. The number of rotatable bonds is 2. The van der Waals surface area contributed by atoms with Crippen molar-refractivity contribution in [3.63, 3.8) is 0 Å². The Morgan fingerprint density at radius 1 is 1.10 bits per heavy atom. The predicted octanol–water partition coefficient (Wildman–Crippen LogP) is 3.01. The molecule has 21 heavy (non-hydrogen) atoms. The summed E-state index contributed by atoms with van der Waals surface area (Å²) in [5, 5.41) is 8.29. The topological polar surface area (TPSA) is 39.9 Å². The van der Waals surface area contributed by atoms with Crippen LogP contribution in [0.1, 0.15) is 5.56 Å². The van der Waals surface area contributed by atoms with E-state index in [4.69, 9.17) is 4.74 Å². The fourth-order valence-electron chi connectivity index (χ4n) is 2.46. The highest BCUT2D eigenvalue weighted by molar-refractivity contribution is 5.58. The van der Waals surface area contributed by atoms with Crippen molar-refractivity contribution in [3.05, 3.63) is 60.0 Å². The maximum absolute atomic E-state index is 12.9. The Hall–Kier alpha value is -2.69. The minimum atomic E-state index is -0.259. The SMILES string of the molecule is Fc1ccc(-c2cn(-c3ccc4c(c3)CCO4)nn2)cc1. The first-order chi connectivity index (χ1) is 10.3. The van der Waals surface area contributed by atoms with Crippen LogP contribution in [0.5, 0.6) is 5.75 Å². The van der Waals surface area contributed by atoms with Gasteiger partial charge in [-0.3, -0.25) is 0 Å². The Morgan fingerprint density at radius 3 is 2.81 bits per heavy atom. The lowest BCUT2D eigenvalue weighted by molar-refractivity contribution is 0.357. The maximum atomic E-state index is 12.9. The third kappa shape index (κ3) is 2.16. The van der Waals surface area contributed by atoms with Gasteiger partial charge in [0.15, 0.2) is 0 Å². The first-order valence-corrected chi connectivity index (χ1v) is 6.74. The van der Waals surface area contributed by atoms with E-state index < -0.39 is 0 Å². The highest BCUT2D eigenvalue weighted by atomic mass is 19.1. The van der Waals surface area contributed by atoms with Crippen molar-refractivity contribution >= 4 is 0 Å². The smallest absolute Gasteiger partial charge is 0.123 e. The number of fused-ring (bicyclic) bond motifs is 1. The van der Waals surface area contributed by atoms with Gasteiger partial charge in [0.25, 0.3) is 0 Å². The van der Waals surface area contributed by atoms with Gasteiger partial charge in [0, 0.05) is 12.0 Å². The molecule has 2 aromatic carbocycles. The second-order valence-corrected chi connectivity index (χ2v) is 4.95. The van der Waals surface area contributed by atoms with Crippen LogP contribution in [-0.4, -0.2) is 21.6 Å². The number of aromatic nitrogens is 3. The van der Waals surface area contributed by atoms with Gasteiger partial charge in [-0.05, 0) is 48.0 Å². The van der Waals surface area contributed by atoms with Gasteiger partial charge in [-0.2, -0.15) is 0 Å². The van der Waals surface area contributed by atoms with Gasteiger partial charge < -0.3 is 4.74 Å². The summed E-state index contributed by atoms with van der Waals surface area (Å²) >= 11 is 0. The molecular formula is C16H12FN3O. The average Bonchev–Trinajstić information content (AvgIpc) is 3.16. The van der Waals surface area contributed by atoms with Gasteiger partial charge in [-0.1, -0.05) is 5.21 Å². The van der Waals surface area contributed by atoms with Gasteiger partial charge >= 0.3 is 0 Å². The molecule has 0 N–H and O–H groups in total. The van der Waals surface area contributed by atoms with Crippen molar-refractivity contribution in [2.45, 2.75) is 6.42 Å². The van der Waals surface area contributed by atoms with E-state index in [0.717, 1.165) is 30.0 Å². The Kier molecular flexibility index (Phi) is 2.70. The summed E-state index contributed by atoms with van der Waals surface area (Å²) in [5.74, 6) is 0.683. The molecule has 0 amide bonds. The monoisotopic (exact) mass is 281 g/mol. The van der Waals surface area contributed by atoms with E-state index in [1.807, 2.05) is 18.3 Å². The molecule has 1 aromatic heterocycles. The summed E-state index contributed by atoms with van der Waals surface area (Å²) in [5.41, 5.74) is 3.69. The number of hydrogen-bond donors (Lipinski definition) is 0. The van der Waals surface area contributed by atoms with Gasteiger partial charge in [-0.25, -0.2) is 9.07 Å². The molecule has 2 heterocycles. The molecule has 4 rings (SSSR count). The summed E-state index contributed by atoms with van der Waals surface area (Å²) in [6.45, 7) is 0.733. The Labute approximate surface area is 120 Å². The van der Waals surface area contributed by atoms with E-state index in [0.29, 0.717) is 5.69 Å². The van der Waals surface area contributed by atoms with E-state index >= 15 is 0 Å². The molecule has 0 aliphatic carbocycles. The van der Waals surface area contributed by atoms with Crippen molar-refractivity contribution < 1.29 is 9.13 Å². The number of halogens is 1. The van der Waals surface area contributed by atoms with E-state index in [9.17, 15) is 4.39 Å². The molecule has 5 heteroatoms. The molecule has 1 aliphatic rings. The lowest BCUT2D eigenvalue weighted by Gasteiger charge is -2.02.